The molecule has 0 aromatic carbocycles. The number of nitrogens with zero attached hydrogens (tertiary/aromatic N) is 1. The molecular weight excluding hydrogens is 184 g/mol. The maximum absolute atomic E-state index is 5.11. The van der Waals surface area contributed by atoms with Gasteiger partial charge in [-0.1, -0.05) is 5.92 Å². The summed E-state index contributed by atoms with van der Waals surface area (Å²) in [7, 11) is 0. The Balaban J connectivity index is 1.94. The highest BCUT2D eigenvalue weighted by molar-refractivity contribution is 7.99. The molecular formula is C9H12N2OS. The van der Waals surface area contributed by atoms with Crippen LogP contribution < -0.4 is 5.32 Å². The standard InChI is InChI=1S/C9H12N2OS/c1-2-4-13-5-3-10-6-9-7-11-8-12-9/h1,7-8,10H,3-6H2. The van der Waals surface area contributed by atoms with Gasteiger partial charge in [0.1, 0.15) is 5.76 Å². The summed E-state index contributed by atoms with van der Waals surface area (Å²) in [5, 5.41) is 3.22. The summed E-state index contributed by atoms with van der Waals surface area (Å²) >= 11 is 1.75. The monoisotopic (exact) mass is 196 g/mol. The lowest BCUT2D eigenvalue weighted by Crippen LogP contribution is -2.16. The molecule has 1 heterocycles. The van der Waals surface area contributed by atoms with Crippen molar-refractivity contribution < 1.29 is 4.42 Å². The molecule has 1 aromatic rings. The van der Waals surface area contributed by atoms with Crippen LogP contribution in [0.3, 0.4) is 0 Å². The van der Waals surface area contributed by atoms with Gasteiger partial charge in [-0.05, 0) is 0 Å². The van der Waals surface area contributed by atoms with Crippen molar-refractivity contribution in [1.29, 1.82) is 0 Å². The first-order chi connectivity index (χ1) is 6.43. The maximum atomic E-state index is 5.11. The highest BCUT2D eigenvalue weighted by Crippen LogP contribution is 1.97. The first-order valence-corrected chi connectivity index (χ1v) is 5.18. The third-order valence-electron chi connectivity index (χ3n) is 1.39. The minimum absolute atomic E-state index is 0.733. The van der Waals surface area contributed by atoms with Gasteiger partial charge in [0.15, 0.2) is 6.39 Å². The van der Waals surface area contributed by atoms with Crippen molar-refractivity contribution in [3.05, 3.63) is 18.4 Å². The van der Waals surface area contributed by atoms with Crippen LogP contribution in [0.4, 0.5) is 0 Å². The van der Waals surface area contributed by atoms with Gasteiger partial charge in [-0.15, -0.1) is 18.2 Å². The van der Waals surface area contributed by atoms with Crippen molar-refractivity contribution in [2.24, 2.45) is 0 Å². The number of aromatic nitrogens is 1. The Morgan fingerprint density at radius 3 is 3.31 bits per heavy atom. The van der Waals surface area contributed by atoms with Crippen molar-refractivity contribution in [1.82, 2.24) is 10.3 Å². The van der Waals surface area contributed by atoms with E-state index in [9.17, 15) is 0 Å². The summed E-state index contributed by atoms with van der Waals surface area (Å²) in [6, 6.07) is 0. The van der Waals surface area contributed by atoms with Crippen LogP contribution in [0.15, 0.2) is 17.0 Å². The molecule has 13 heavy (non-hydrogen) atoms. The van der Waals surface area contributed by atoms with Crippen LogP contribution in [0.5, 0.6) is 0 Å². The fourth-order valence-corrected chi connectivity index (χ4v) is 1.37. The molecule has 0 fully saturated rings. The van der Waals surface area contributed by atoms with Gasteiger partial charge in [0.25, 0.3) is 0 Å². The number of nitrogens with one attached hydrogen (secondary N) is 1. The molecule has 1 aromatic heterocycles. The Labute approximate surface area is 82.3 Å². The lowest BCUT2D eigenvalue weighted by Gasteiger charge is -1.99. The molecule has 0 unspecified atom stereocenters. The van der Waals surface area contributed by atoms with Crippen LogP contribution in [0.25, 0.3) is 0 Å². The molecule has 0 bridgehead atoms. The number of oxazole rings is 1. The minimum atomic E-state index is 0.733. The molecule has 0 radical (unpaired) electrons. The number of hydrogen-bond acceptors (Lipinski definition) is 4. The second kappa shape index (κ2) is 6.58. The molecule has 3 nitrogen and oxygen atoms in total. The molecule has 0 atom stereocenters. The van der Waals surface area contributed by atoms with Gasteiger partial charge < -0.3 is 9.73 Å². The van der Waals surface area contributed by atoms with E-state index in [-0.39, 0.29) is 0 Å². The van der Waals surface area contributed by atoms with Gasteiger partial charge in [-0.25, -0.2) is 4.98 Å². The topological polar surface area (TPSA) is 38.1 Å². The van der Waals surface area contributed by atoms with Gasteiger partial charge in [-0.2, -0.15) is 0 Å². The van der Waals surface area contributed by atoms with Crippen molar-refractivity contribution in [2.75, 3.05) is 18.1 Å². The summed E-state index contributed by atoms with van der Waals surface area (Å²) in [6.07, 6.45) is 8.25. The van der Waals surface area contributed by atoms with Crippen LogP contribution in [0.2, 0.25) is 0 Å². The van der Waals surface area contributed by atoms with E-state index in [1.165, 1.54) is 6.39 Å². The van der Waals surface area contributed by atoms with Gasteiger partial charge in [-0.3, -0.25) is 0 Å². The average molecular weight is 196 g/mol. The van der Waals surface area contributed by atoms with E-state index >= 15 is 0 Å². The van der Waals surface area contributed by atoms with E-state index < -0.39 is 0 Å². The van der Waals surface area contributed by atoms with Crippen LogP contribution in [-0.2, 0) is 6.54 Å². The predicted molar refractivity (Wildman–Crippen MR) is 54.4 cm³/mol. The van der Waals surface area contributed by atoms with Gasteiger partial charge >= 0.3 is 0 Å². The summed E-state index contributed by atoms with van der Waals surface area (Å²) in [5.41, 5.74) is 0. The molecule has 0 aliphatic rings. The Bertz CT molecular complexity index is 253. The lowest BCUT2D eigenvalue weighted by molar-refractivity contribution is 0.484. The first kappa shape index (κ1) is 10.2. The van der Waals surface area contributed by atoms with E-state index in [1.54, 1.807) is 18.0 Å². The second-order valence-corrected chi connectivity index (χ2v) is 3.51. The summed E-state index contributed by atoms with van der Waals surface area (Å²) in [6.45, 7) is 1.67. The van der Waals surface area contributed by atoms with E-state index in [0.29, 0.717) is 0 Å². The van der Waals surface area contributed by atoms with Crippen LogP contribution in [-0.4, -0.2) is 23.0 Å². The smallest absolute Gasteiger partial charge is 0.180 e. The van der Waals surface area contributed by atoms with Crippen molar-refractivity contribution >= 4 is 11.8 Å². The van der Waals surface area contributed by atoms with Gasteiger partial charge in [0.05, 0.1) is 18.5 Å². The number of rotatable bonds is 6. The van der Waals surface area contributed by atoms with Crippen LogP contribution in [0.1, 0.15) is 5.76 Å². The lowest BCUT2D eigenvalue weighted by atomic mass is 10.5. The molecule has 0 saturated carbocycles. The highest BCUT2D eigenvalue weighted by atomic mass is 32.2. The first-order valence-electron chi connectivity index (χ1n) is 4.03. The predicted octanol–water partition coefficient (Wildman–Crippen LogP) is 1.13. The van der Waals surface area contributed by atoms with Gasteiger partial charge in [0.2, 0.25) is 0 Å². The number of terminal acetylenes is 1. The third kappa shape index (κ3) is 4.61. The molecule has 1 N–H and O–H groups in total. The highest BCUT2D eigenvalue weighted by Gasteiger charge is 1.94. The van der Waals surface area contributed by atoms with E-state index in [0.717, 1.165) is 30.4 Å². The van der Waals surface area contributed by atoms with Crippen LogP contribution >= 0.6 is 11.8 Å². The third-order valence-corrected chi connectivity index (χ3v) is 2.25. The zero-order chi connectivity index (χ0) is 9.36. The molecule has 0 saturated heterocycles. The van der Waals surface area contributed by atoms with Crippen molar-refractivity contribution in [3.8, 4) is 12.3 Å². The van der Waals surface area contributed by atoms with E-state index in [1.807, 2.05) is 0 Å². The second-order valence-electron chi connectivity index (χ2n) is 2.40. The molecule has 0 amide bonds. The normalized spacial score (nSPS) is 9.77. The van der Waals surface area contributed by atoms with E-state index in [4.69, 9.17) is 10.8 Å². The quantitative estimate of drug-likeness (QED) is 0.547. The average Bonchev–Trinajstić information content (AvgIpc) is 2.63. The van der Waals surface area contributed by atoms with Crippen LogP contribution in [0, 0.1) is 12.3 Å². The molecule has 4 heteroatoms. The molecule has 0 aliphatic carbocycles. The Morgan fingerprint density at radius 1 is 1.69 bits per heavy atom. The summed E-state index contributed by atoms with van der Waals surface area (Å²) < 4.78 is 5.05. The molecule has 0 aliphatic heterocycles. The molecule has 0 spiro atoms. The fraction of sp³-hybridized carbons (Fsp3) is 0.444. The Kier molecular flexibility index (Phi) is 5.14. The number of hydrogen-bond donors (Lipinski definition) is 1. The Morgan fingerprint density at radius 2 is 2.62 bits per heavy atom. The summed E-state index contributed by atoms with van der Waals surface area (Å²) in [5.74, 6) is 5.25. The largest absolute Gasteiger partial charge is 0.447 e. The fourth-order valence-electron chi connectivity index (χ4n) is 0.816. The minimum Gasteiger partial charge on any atom is -0.447 e. The van der Waals surface area contributed by atoms with E-state index in [2.05, 4.69) is 16.2 Å². The van der Waals surface area contributed by atoms with Gasteiger partial charge in [0, 0.05) is 12.3 Å². The van der Waals surface area contributed by atoms with Crippen molar-refractivity contribution in [2.45, 2.75) is 6.54 Å². The van der Waals surface area contributed by atoms with Crippen molar-refractivity contribution in [3.63, 3.8) is 0 Å². The SMILES string of the molecule is C#CCSCCNCc1cnco1. The maximum Gasteiger partial charge on any atom is 0.180 e. The molecule has 1 rings (SSSR count). The molecule has 70 valence electrons. The number of thioether (sulfide) groups is 1. The Hall–Kier alpha value is -0.920. The zero-order valence-corrected chi connectivity index (χ0v) is 8.14. The zero-order valence-electron chi connectivity index (χ0n) is 7.32. The summed E-state index contributed by atoms with van der Waals surface area (Å²) in [4.78, 5) is 3.81.